The van der Waals surface area contributed by atoms with Gasteiger partial charge in [-0.15, -0.1) is 0 Å². The fourth-order valence-corrected chi connectivity index (χ4v) is 0.130. The second-order valence-corrected chi connectivity index (χ2v) is 1.34. The molecule has 0 rings (SSSR count). The maximum Gasteiger partial charge on any atom is 0.508 e. The highest BCUT2D eigenvalue weighted by Gasteiger charge is 1.98. The lowest BCUT2D eigenvalue weighted by molar-refractivity contribution is -0.0167. The zero-order chi connectivity index (χ0) is 10.9. The topological polar surface area (TPSA) is 162 Å². The van der Waals surface area contributed by atoms with E-state index in [4.69, 9.17) is 15.0 Å². The second-order valence-electron chi connectivity index (χ2n) is 1.34. The highest BCUT2D eigenvalue weighted by molar-refractivity contribution is 5.69. The molecular weight excluding hydrogens is 188 g/mol. The van der Waals surface area contributed by atoms with E-state index in [2.05, 4.69) is 20.9 Å². The van der Waals surface area contributed by atoms with Gasteiger partial charge in [0.05, 0.1) is 0 Å². The molecule has 0 saturated heterocycles. The van der Waals surface area contributed by atoms with Crippen molar-refractivity contribution in [3.8, 4) is 0 Å². The number of urea groups is 1. The third-order valence-corrected chi connectivity index (χ3v) is 0.365. The van der Waals surface area contributed by atoms with Crippen molar-refractivity contribution in [2.24, 2.45) is 11.5 Å². The summed E-state index contributed by atoms with van der Waals surface area (Å²) in [5, 5.41) is 15.5. The maximum atomic E-state index is 9.49. The van der Waals surface area contributed by atoms with Crippen LogP contribution in [0.1, 0.15) is 0 Å². The molecule has 0 aliphatic heterocycles. The third-order valence-electron chi connectivity index (χ3n) is 0.365. The number of carboxylic acid groups (broad SMARTS) is 2. The summed E-state index contributed by atoms with van der Waals surface area (Å²) in [6.07, 6.45) is -3.15. The highest BCUT2D eigenvalue weighted by Crippen LogP contribution is 1.79. The van der Waals surface area contributed by atoms with Crippen LogP contribution in [0.2, 0.25) is 0 Å². The van der Waals surface area contributed by atoms with E-state index in [1.807, 2.05) is 0 Å². The molecule has 0 radical (unpaired) electrons. The SMILES string of the molecule is NC(N)=O.O=C(O)OCOC(=O)O. The zero-order valence-corrected chi connectivity index (χ0v) is 6.30. The van der Waals surface area contributed by atoms with Gasteiger partial charge in [-0.05, 0) is 0 Å². The van der Waals surface area contributed by atoms with Crippen LogP contribution in [0.3, 0.4) is 0 Å². The number of amides is 2. The van der Waals surface area contributed by atoms with Gasteiger partial charge < -0.3 is 31.2 Å². The van der Waals surface area contributed by atoms with Gasteiger partial charge in [0.2, 0.25) is 6.79 Å². The van der Waals surface area contributed by atoms with Crippen molar-refractivity contribution in [2.45, 2.75) is 0 Å². The molecular formula is C4H8N2O7. The maximum absolute atomic E-state index is 9.49. The van der Waals surface area contributed by atoms with E-state index >= 15 is 0 Å². The standard InChI is InChI=1S/C3H4O6.CH4N2O/c4-2(5)8-1-9-3(6)7;2-1(3)4/h1H2,(H,4,5)(H,6,7);(H4,2,3,4). The van der Waals surface area contributed by atoms with E-state index in [0.717, 1.165) is 0 Å². The van der Waals surface area contributed by atoms with Crippen molar-refractivity contribution in [2.75, 3.05) is 6.79 Å². The largest absolute Gasteiger partial charge is 0.508 e. The van der Waals surface area contributed by atoms with Gasteiger partial charge in [0.1, 0.15) is 0 Å². The summed E-state index contributed by atoms with van der Waals surface area (Å²) in [6, 6.07) is -0.833. The van der Waals surface area contributed by atoms with Crippen LogP contribution >= 0.6 is 0 Å². The van der Waals surface area contributed by atoms with Gasteiger partial charge in [0.15, 0.2) is 0 Å². The van der Waals surface area contributed by atoms with Gasteiger partial charge in [-0.1, -0.05) is 0 Å². The average molecular weight is 196 g/mol. The molecule has 0 spiro atoms. The van der Waals surface area contributed by atoms with E-state index in [0.29, 0.717) is 0 Å². The molecule has 13 heavy (non-hydrogen) atoms. The van der Waals surface area contributed by atoms with Crippen molar-refractivity contribution >= 4 is 18.3 Å². The number of rotatable bonds is 2. The molecule has 0 fully saturated rings. The Kier molecular flexibility index (Phi) is 8.16. The molecule has 0 aromatic rings. The average Bonchev–Trinajstić information content (AvgIpc) is 1.83. The Morgan fingerprint density at radius 3 is 1.38 bits per heavy atom. The van der Waals surface area contributed by atoms with Crippen LogP contribution in [0.5, 0.6) is 0 Å². The van der Waals surface area contributed by atoms with Gasteiger partial charge in [-0.25, -0.2) is 14.4 Å². The van der Waals surface area contributed by atoms with Crippen molar-refractivity contribution in [1.29, 1.82) is 0 Å². The zero-order valence-electron chi connectivity index (χ0n) is 6.30. The molecule has 0 bridgehead atoms. The minimum Gasteiger partial charge on any atom is -0.450 e. The van der Waals surface area contributed by atoms with Gasteiger partial charge >= 0.3 is 18.3 Å². The van der Waals surface area contributed by atoms with Gasteiger partial charge in [0, 0.05) is 0 Å². The Balaban J connectivity index is 0. The molecule has 6 N–H and O–H groups in total. The molecule has 0 saturated carbocycles. The van der Waals surface area contributed by atoms with Gasteiger partial charge in [0.25, 0.3) is 0 Å². The molecule has 0 aliphatic carbocycles. The number of hydrogen-bond donors (Lipinski definition) is 4. The number of hydrogen-bond acceptors (Lipinski definition) is 5. The minimum atomic E-state index is -1.57. The Hall–Kier alpha value is -2.19. The molecule has 0 aromatic heterocycles. The van der Waals surface area contributed by atoms with Crippen LogP contribution in [0.25, 0.3) is 0 Å². The summed E-state index contributed by atoms with van der Waals surface area (Å²) in [5.74, 6) is 0. The van der Waals surface area contributed by atoms with Crippen LogP contribution in [-0.2, 0) is 9.47 Å². The Bertz CT molecular complexity index is 173. The van der Waals surface area contributed by atoms with Crippen molar-refractivity contribution < 1.29 is 34.1 Å². The molecule has 2 amide bonds. The summed E-state index contributed by atoms with van der Waals surface area (Å²) in [6.45, 7) is -0.787. The first-order valence-electron chi connectivity index (χ1n) is 2.62. The fourth-order valence-electron chi connectivity index (χ4n) is 0.130. The summed E-state index contributed by atoms with van der Waals surface area (Å²) < 4.78 is 7.33. The smallest absolute Gasteiger partial charge is 0.450 e. The molecule has 9 nitrogen and oxygen atoms in total. The second kappa shape index (κ2) is 7.91. The summed E-state index contributed by atoms with van der Waals surface area (Å²) in [7, 11) is 0. The van der Waals surface area contributed by atoms with Crippen LogP contribution in [0, 0.1) is 0 Å². The first-order chi connectivity index (χ1) is 5.86. The summed E-state index contributed by atoms with van der Waals surface area (Å²) in [4.78, 5) is 28.0. The number of nitrogens with two attached hydrogens (primary N) is 2. The first kappa shape index (κ1) is 13.4. The lowest BCUT2D eigenvalue weighted by Crippen LogP contribution is -2.18. The summed E-state index contributed by atoms with van der Waals surface area (Å²) >= 11 is 0. The molecule has 76 valence electrons. The molecule has 0 aromatic carbocycles. The Morgan fingerprint density at radius 1 is 1.00 bits per heavy atom. The first-order valence-corrected chi connectivity index (χ1v) is 2.62. The minimum absolute atomic E-state index is 0.787. The molecule has 9 heteroatoms. The van der Waals surface area contributed by atoms with Crippen LogP contribution < -0.4 is 11.5 Å². The van der Waals surface area contributed by atoms with Crippen molar-refractivity contribution in [3.05, 3.63) is 0 Å². The summed E-state index contributed by atoms with van der Waals surface area (Å²) in [5.41, 5.74) is 8.50. The Morgan fingerprint density at radius 2 is 1.23 bits per heavy atom. The third kappa shape index (κ3) is 41.2. The van der Waals surface area contributed by atoms with Crippen LogP contribution in [0.4, 0.5) is 14.4 Å². The lowest BCUT2D eigenvalue weighted by atomic mass is 11.2. The van der Waals surface area contributed by atoms with Crippen LogP contribution in [-0.4, -0.2) is 35.3 Å². The van der Waals surface area contributed by atoms with Crippen molar-refractivity contribution in [1.82, 2.24) is 0 Å². The number of ether oxygens (including phenoxy) is 2. The predicted molar refractivity (Wildman–Crippen MR) is 36.9 cm³/mol. The highest BCUT2D eigenvalue weighted by atomic mass is 16.8. The monoisotopic (exact) mass is 196 g/mol. The fraction of sp³-hybridized carbons (Fsp3) is 0.250. The predicted octanol–water partition coefficient (Wildman–Crippen LogP) is -0.643. The van der Waals surface area contributed by atoms with Gasteiger partial charge in [-0.2, -0.15) is 0 Å². The van der Waals surface area contributed by atoms with Crippen LogP contribution in [0.15, 0.2) is 0 Å². The Labute approximate surface area is 71.8 Å². The molecule has 0 aliphatic rings. The molecule has 0 atom stereocenters. The number of primary amides is 2. The lowest BCUT2D eigenvalue weighted by Gasteiger charge is -1.96. The molecule has 0 unspecified atom stereocenters. The normalized spacial score (nSPS) is 7.38. The van der Waals surface area contributed by atoms with Crippen molar-refractivity contribution in [3.63, 3.8) is 0 Å². The van der Waals surface area contributed by atoms with Gasteiger partial charge in [-0.3, -0.25) is 0 Å². The number of carbonyl (C=O) groups excluding carboxylic acids is 1. The van der Waals surface area contributed by atoms with E-state index in [9.17, 15) is 9.59 Å². The van der Waals surface area contributed by atoms with E-state index < -0.39 is 25.1 Å². The van der Waals surface area contributed by atoms with E-state index in [-0.39, 0.29) is 0 Å². The quantitative estimate of drug-likeness (QED) is 0.337. The molecule has 0 heterocycles. The van der Waals surface area contributed by atoms with E-state index in [1.165, 1.54) is 0 Å². The van der Waals surface area contributed by atoms with E-state index in [1.54, 1.807) is 0 Å². The number of carbonyl (C=O) groups is 3.